The average molecular weight is 306 g/mol. The molecule has 1 aromatic heterocycles. The number of hydrogen-bond donors (Lipinski definition) is 2. The molecule has 1 fully saturated rings. The van der Waals surface area contributed by atoms with Crippen LogP contribution in [0.4, 0.5) is 0 Å². The smallest absolute Gasteiger partial charge is 0.188 e. The number of aliphatic imine (C=N–C) groups is 1. The first kappa shape index (κ1) is 16.9. The molecular weight excluding hydrogens is 276 g/mol. The summed E-state index contributed by atoms with van der Waals surface area (Å²) >= 11 is 0. The first-order valence-electron chi connectivity index (χ1n) is 8.62. The SMILES string of the molecule is CCCCCCNC(N)=NCC(c1ccco1)N1CCCC1. The molecule has 0 aliphatic carbocycles. The van der Waals surface area contributed by atoms with Crippen LogP contribution in [0.1, 0.15) is 57.3 Å². The second-order valence-corrected chi connectivity index (χ2v) is 5.99. The fraction of sp³-hybridized carbons (Fsp3) is 0.706. The lowest BCUT2D eigenvalue weighted by Crippen LogP contribution is -2.34. The first-order chi connectivity index (χ1) is 10.8. The molecule has 1 atom stereocenters. The third-order valence-electron chi connectivity index (χ3n) is 4.22. The Labute approximate surface area is 134 Å². The Morgan fingerprint density at radius 2 is 2.18 bits per heavy atom. The molecule has 1 aliphatic rings. The lowest BCUT2D eigenvalue weighted by Gasteiger charge is -2.24. The molecule has 0 amide bonds. The largest absolute Gasteiger partial charge is 0.468 e. The number of furan rings is 1. The molecule has 124 valence electrons. The number of nitrogens with two attached hydrogens (primary N) is 1. The molecule has 0 aromatic carbocycles. The Morgan fingerprint density at radius 1 is 1.36 bits per heavy atom. The van der Waals surface area contributed by atoms with Crippen molar-refractivity contribution in [2.45, 2.75) is 51.5 Å². The molecule has 22 heavy (non-hydrogen) atoms. The third-order valence-corrected chi connectivity index (χ3v) is 4.22. The summed E-state index contributed by atoms with van der Waals surface area (Å²) in [5.74, 6) is 1.54. The highest BCUT2D eigenvalue weighted by Gasteiger charge is 2.25. The van der Waals surface area contributed by atoms with E-state index in [1.165, 1.54) is 32.1 Å². The van der Waals surface area contributed by atoms with Crippen LogP contribution in [0.5, 0.6) is 0 Å². The highest BCUT2D eigenvalue weighted by molar-refractivity contribution is 5.77. The number of unbranched alkanes of at least 4 members (excludes halogenated alkanes) is 3. The van der Waals surface area contributed by atoms with Gasteiger partial charge in [-0.15, -0.1) is 0 Å². The van der Waals surface area contributed by atoms with E-state index in [0.717, 1.165) is 31.8 Å². The molecule has 2 rings (SSSR count). The van der Waals surface area contributed by atoms with Crippen LogP contribution in [0.2, 0.25) is 0 Å². The van der Waals surface area contributed by atoms with Gasteiger partial charge in [-0.1, -0.05) is 26.2 Å². The van der Waals surface area contributed by atoms with Crippen LogP contribution >= 0.6 is 0 Å². The molecule has 5 nitrogen and oxygen atoms in total. The van der Waals surface area contributed by atoms with Gasteiger partial charge in [0, 0.05) is 6.54 Å². The summed E-state index contributed by atoms with van der Waals surface area (Å²) in [6, 6.07) is 4.18. The molecule has 2 heterocycles. The van der Waals surface area contributed by atoms with E-state index in [4.69, 9.17) is 10.2 Å². The second kappa shape index (κ2) is 9.51. The molecule has 1 saturated heterocycles. The minimum absolute atomic E-state index is 0.206. The first-order valence-corrected chi connectivity index (χ1v) is 8.62. The van der Waals surface area contributed by atoms with E-state index in [-0.39, 0.29) is 6.04 Å². The quantitative estimate of drug-likeness (QED) is 0.418. The van der Waals surface area contributed by atoms with Gasteiger partial charge in [0.05, 0.1) is 18.8 Å². The monoisotopic (exact) mass is 306 g/mol. The Hall–Kier alpha value is -1.49. The molecule has 0 saturated carbocycles. The molecular formula is C17H30N4O. The van der Waals surface area contributed by atoms with Crippen LogP contribution in [-0.2, 0) is 0 Å². The van der Waals surface area contributed by atoms with Crippen molar-refractivity contribution < 1.29 is 4.42 Å². The van der Waals surface area contributed by atoms with Gasteiger partial charge in [0.25, 0.3) is 0 Å². The van der Waals surface area contributed by atoms with Crippen LogP contribution in [-0.4, -0.2) is 37.0 Å². The number of nitrogens with zero attached hydrogens (tertiary/aromatic N) is 2. The van der Waals surface area contributed by atoms with Crippen LogP contribution in [0.3, 0.4) is 0 Å². The number of hydrogen-bond acceptors (Lipinski definition) is 3. The minimum Gasteiger partial charge on any atom is -0.468 e. The standard InChI is InChI=1S/C17H30N4O/c1-2-3-4-5-10-19-17(18)20-14-15(16-9-8-13-22-16)21-11-6-7-12-21/h8-9,13,15H,2-7,10-12,14H2,1H3,(H3,18,19,20). The zero-order valence-electron chi connectivity index (χ0n) is 13.8. The molecule has 1 aliphatic heterocycles. The van der Waals surface area contributed by atoms with Crippen molar-refractivity contribution in [1.82, 2.24) is 10.2 Å². The van der Waals surface area contributed by atoms with Crippen molar-refractivity contribution >= 4 is 5.96 Å². The van der Waals surface area contributed by atoms with Crippen molar-refractivity contribution in [3.05, 3.63) is 24.2 Å². The van der Waals surface area contributed by atoms with Gasteiger partial charge in [0.2, 0.25) is 0 Å². The van der Waals surface area contributed by atoms with E-state index >= 15 is 0 Å². The molecule has 1 unspecified atom stereocenters. The number of nitrogens with one attached hydrogen (secondary N) is 1. The summed E-state index contributed by atoms with van der Waals surface area (Å²) in [5.41, 5.74) is 5.98. The van der Waals surface area contributed by atoms with Crippen LogP contribution in [0.15, 0.2) is 27.8 Å². The topological polar surface area (TPSA) is 66.8 Å². The maximum atomic E-state index is 5.98. The zero-order chi connectivity index (χ0) is 15.6. The molecule has 3 N–H and O–H groups in total. The number of guanidine groups is 1. The van der Waals surface area contributed by atoms with Crippen molar-refractivity contribution in [1.29, 1.82) is 0 Å². The molecule has 0 bridgehead atoms. The van der Waals surface area contributed by atoms with E-state index in [1.54, 1.807) is 6.26 Å². The van der Waals surface area contributed by atoms with Gasteiger partial charge in [-0.3, -0.25) is 9.89 Å². The zero-order valence-corrected chi connectivity index (χ0v) is 13.8. The van der Waals surface area contributed by atoms with E-state index in [2.05, 4.69) is 22.1 Å². The summed E-state index contributed by atoms with van der Waals surface area (Å²) in [6.45, 7) is 6.01. The molecule has 0 radical (unpaired) electrons. The van der Waals surface area contributed by atoms with Gasteiger partial charge >= 0.3 is 0 Å². The maximum absolute atomic E-state index is 5.98. The second-order valence-electron chi connectivity index (χ2n) is 5.99. The third kappa shape index (κ3) is 5.37. The molecule has 5 heteroatoms. The van der Waals surface area contributed by atoms with Crippen LogP contribution in [0, 0.1) is 0 Å². The van der Waals surface area contributed by atoms with Crippen molar-refractivity contribution in [3.63, 3.8) is 0 Å². The Bertz CT molecular complexity index is 424. The van der Waals surface area contributed by atoms with Crippen molar-refractivity contribution in [2.24, 2.45) is 10.7 Å². The average Bonchev–Trinajstić information content (AvgIpc) is 3.21. The maximum Gasteiger partial charge on any atom is 0.188 e. The van der Waals surface area contributed by atoms with Gasteiger partial charge in [-0.25, -0.2) is 0 Å². The highest BCUT2D eigenvalue weighted by Crippen LogP contribution is 2.25. The van der Waals surface area contributed by atoms with Crippen molar-refractivity contribution in [3.8, 4) is 0 Å². The van der Waals surface area contributed by atoms with Gasteiger partial charge in [-0.2, -0.15) is 0 Å². The predicted octanol–water partition coefficient (Wildman–Crippen LogP) is 2.90. The van der Waals surface area contributed by atoms with E-state index in [9.17, 15) is 0 Å². The fourth-order valence-corrected chi connectivity index (χ4v) is 2.93. The summed E-state index contributed by atoms with van der Waals surface area (Å²) < 4.78 is 5.59. The lowest BCUT2D eigenvalue weighted by atomic mass is 10.2. The van der Waals surface area contributed by atoms with Crippen molar-refractivity contribution in [2.75, 3.05) is 26.2 Å². The van der Waals surface area contributed by atoms with Crippen LogP contribution < -0.4 is 11.1 Å². The number of rotatable bonds is 9. The Kier molecular flexibility index (Phi) is 7.30. The molecule has 0 spiro atoms. The normalized spacial score (nSPS) is 17.8. The molecule has 1 aromatic rings. The minimum atomic E-state index is 0.206. The Balaban J connectivity index is 1.81. The predicted molar refractivity (Wildman–Crippen MR) is 90.9 cm³/mol. The van der Waals surface area contributed by atoms with Gasteiger partial charge in [-0.05, 0) is 44.5 Å². The van der Waals surface area contributed by atoms with E-state index in [1.807, 2.05) is 12.1 Å². The summed E-state index contributed by atoms with van der Waals surface area (Å²) in [5, 5.41) is 3.21. The van der Waals surface area contributed by atoms with Gasteiger partial charge in [0.15, 0.2) is 5.96 Å². The Morgan fingerprint density at radius 3 is 2.86 bits per heavy atom. The van der Waals surface area contributed by atoms with E-state index in [0.29, 0.717) is 12.5 Å². The highest BCUT2D eigenvalue weighted by atomic mass is 16.3. The number of likely N-dealkylation sites (tertiary alicyclic amines) is 1. The summed E-state index contributed by atoms with van der Waals surface area (Å²) in [4.78, 5) is 6.97. The lowest BCUT2D eigenvalue weighted by molar-refractivity contribution is 0.221. The fourth-order valence-electron chi connectivity index (χ4n) is 2.93. The summed E-state index contributed by atoms with van der Waals surface area (Å²) in [7, 11) is 0. The van der Waals surface area contributed by atoms with Gasteiger partial charge < -0.3 is 15.5 Å². The summed E-state index contributed by atoms with van der Waals surface area (Å²) in [6.07, 6.45) is 9.19. The van der Waals surface area contributed by atoms with E-state index < -0.39 is 0 Å². The van der Waals surface area contributed by atoms with Gasteiger partial charge in [0.1, 0.15) is 5.76 Å². The van der Waals surface area contributed by atoms with Crippen LogP contribution in [0.25, 0.3) is 0 Å².